The SMILES string of the molecule is CNS(=O)(=O)c1cc(-c2noc(=O)[nH]2)c(CCc2ccco2)cc1Cl.CNS(=O)(=O)c1cc(/C(N)=N\O)c(CCc2ccco2)cc1Cl.[2H]CI. The van der Waals surface area contributed by atoms with Crippen molar-refractivity contribution in [1.29, 1.82) is 0 Å². The quantitative estimate of drug-likeness (QED) is 0.0287. The molecular formula is C30H33Cl2IN6O9S2. The highest BCUT2D eigenvalue weighted by atomic mass is 127. The van der Waals surface area contributed by atoms with Crippen molar-refractivity contribution in [3.8, 4) is 11.4 Å². The molecule has 5 rings (SSSR count). The molecule has 0 aliphatic heterocycles. The van der Waals surface area contributed by atoms with E-state index < -0.39 is 25.8 Å². The van der Waals surface area contributed by atoms with Crippen LogP contribution in [-0.4, -0.2) is 57.0 Å². The van der Waals surface area contributed by atoms with E-state index in [0.717, 1.165) is 11.5 Å². The van der Waals surface area contributed by atoms with E-state index in [1.807, 2.05) is 34.7 Å². The number of aromatic nitrogens is 2. The third kappa shape index (κ3) is 10.4. The van der Waals surface area contributed by atoms with Crippen LogP contribution in [0, 0.1) is 0 Å². The van der Waals surface area contributed by atoms with E-state index in [-0.39, 0.29) is 31.5 Å². The summed E-state index contributed by atoms with van der Waals surface area (Å²) in [6.45, 7) is 0. The van der Waals surface area contributed by atoms with Crippen LogP contribution in [0.3, 0.4) is 0 Å². The number of amidine groups is 1. The molecule has 0 saturated heterocycles. The normalized spacial score (nSPS) is 12.0. The maximum atomic E-state index is 12.1. The molecule has 0 radical (unpaired) electrons. The molecule has 0 unspecified atom stereocenters. The van der Waals surface area contributed by atoms with Gasteiger partial charge in [-0.15, -0.1) is 0 Å². The largest absolute Gasteiger partial charge is 0.469 e. The smallest absolute Gasteiger partial charge is 0.439 e. The third-order valence-corrected chi connectivity index (χ3v) is 10.7. The summed E-state index contributed by atoms with van der Waals surface area (Å²) >= 11 is 14.2. The number of nitrogens with zero attached hydrogens (tertiary/aromatic N) is 2. The Morgan fingerprint density at radius 1 is 0.940 bits per heavy atom. The van der Waals surface area contributed by atoms with Gasteiger partial charge in [0.25, 0.3) is 0 Å². The summed E-state index contributed by atoms with van der Waals surface area (Å²) in [5.74, 6) is 0.730. The van der Waals surface area contributed by atoms with Crippen molar-refractivity contribution in [3.63, 3.8) is 0 Å². The first kappa shape index (κ1) is 39.1. The molecule has 0 aliphatic rings. The number of hydrogen-bond acceptors (Lipinski definition) is 11. The molecule has 5 aromatic rings. The van der Waals surface area contributed by atoms with Crippen molar-refractivity contribution < 1.29 is 36.8 Å². The molecule has 3 heterocycles. The van der Waals surface area contributed by atoms with Crippen LogP contribution < -0.4 is 20.9 Å². The number of oxime groups is 1. The number of nitrogens with two attached hydrogens (primary N) is 1. The Kier molecular flexibility index (Phi) is 14.5. The highest BCUT2D eigenvalue weighted by molar-refractivity contribution is 14.1. The fraction of sp³-hybridized carbons (Fsp3) is 0.233. The molecular weight excluding hydrogens is 850 g/mol. The lowest BCUT2D eigenvalue weighted by atomic mass is 10.0. The van der Waals surface area contributed by atoms with E-state index in [2.05, 4.69) is 29.3 Å². The molecule has 6 N–H and O–H groups in total. The lowest BCUT2D eigenvalue weighted by Gasteiger charge is -2.12. The van der Waals surface area contributed by atoms with Crippen molar-refractivity contribution in [2.24, 2.45) is 10.9 Å². The molecule has 3 aromatic heterocycles. The maximum absolute atomic E-state index is 12.1. The Hall–Kier alpha value is -3.66. The summed E-state index contributed by atoms with van der Waals surface area (Å²) in [6, 6.07) is 12.9. The van der Waals surface area contributed by atoms with Crippen LogP contribution in [0.4, 0.5) is 0 Å². The number of halogens is 3. The highest BCUT2D eigenvalue weighted by Gasteiger charge is 2.22. The topological polar surface area (TPSA) is 236 Å². The van der Waals surface area contributed by atoms with Crippen LogP contribution in [0.1, 0.15) is 29.6 Å². The number of H-pyrrole nitrogens is 1. The van der Waals surface area contributed by atoms with Crippen LogP contribution in [0.2, 0.25) is 10.0 Å². The van der Waals surface area contributed by atoms with Gasteiger partial charge < -0.3 is 19.8 Å². The molecule has 270 valence electrons. The zero-order valence-corrected chi connectivity index (χ0v) is 31.7. The Balaban J connectivity index is 0.000000257. The van der Waals surface area contributed by atoms with E-state index in [9.17, 15) is 21.6 Å². The third-order valence-electron chi connectivity index (χ3n) is 6.95. The van der Waals surface area contributed by atoms with Gasteiger partial charge in [-0.3, -0.25) is 9.51 Å². The summed E-state index contributed by atoms with van der Waals surface area (Å²) < 4.78 is 73.9. The van der Waals surface area contributed by atoms with E-state index >= 15 is 0 Å². The van der Waals surface area contributed by atoms with E-state index in [1.54, 1.807) is 24.7 Å². The van der Waals surface area contributed by atoms with Gasteiger partial charge in [-0.25, -0.2) is 31.1 Å². The lowest BCUT2D eigenvalue weighted by molar-refractivity contribution is 0.318. The summed E-state index contributed by atoms with van der Waals surface area (Å²) in [6.07, 6.45) is 5.25. The lowest BCUT2D eigenvalue weighted by Crippen LogP contribution is -2.22. The van der Waals surface area contributed by atoms with Gasteiger partial charge in [-0.2, -0.15) is 0 Å². The molecule has 0 fully saturated rings. The standard InChI is InChI=1S/C15H14ClN3O5S.C14H16ClN3O4S.CH3I/c1-17-25(21,22)13-8-11(14-18-15(20)24-19-14)9(7-12(13)16)4-5-10-3-2-6-23-10;1-17-23(20,21)13-8-11(14(16)18-19)9(7-12(13)15)4-5-10-3-2-6-22-10;1-2/h2-3,6-8,17H,4-5H2,1H3,(H,18,19,20);2-3,6-8,17,19H,4-5H2,1H3,(H2,16,18);1H3/i;;1D. The minimum absolute atomic E-state index is 0.0586. The van der Waals surface area contributed by atoms with Gasteiger partial charge in [0.05, 0.1) is 22.6 Å². The molecule has 0 aliphatic carbocycles. The van der Waals surface area contributed by atoms with Crippen LogP contribution in [-0.2, 0) is 45.7 Å². The molecule has 15 nitrogen and oxygen atoms in total. The number of hydrogen-bond donors (Lipinski definition) is 5. The molecule has 0 amide bonds. The molecule has 0 bridgehead atoms. The second-order valence-electron chi connectivity index (χ2n) is 9.88. The molecule has 0 saturated carbocycles. The monoisotopic (exact) mass is 883 g/mol. The Morgan fingerprint density at radius 2 is 1.44 bits per heavy atom. The zero-order chi connectivity index (χ0) is 37.8. The number of aryl methyl sites for hydroxylation is 4. The first-order chi connectivity index (χ1) is 24.2. The maximum Gasteiger partial charge on any atom is 0.439 e. The fourth-order valence-corrected chi connectivity index (χ4v) is 7.12. The summed E-state index contributed by atoms with van der Waals surface area (Å²) in [5, 5.41) is 15.7. The van der Waals surface area contributed by atoms with Gasteiger partial charge in [0.1, 0.15) is 21.3 Å². The first-order valence-electron chi connectivity index (χ1n) is 14.9. The second-order valence-corrected chi connectivity index (χ2v) is 14.4. The predicted octanol–water partition coefficient (Wildman–Crippen LogP) is 4.74. The fourth-order valence-electron chi connectivity index (χ4n) is 4.52. The average Bonchev–Trinajstić information content (AvgIpc) is 3.91. The number of sulfonamides is 2. The van der Waals surface area contributed by atoms with Crippen LogP contribution in [0.25, 0.3) is 11.4 Å². The van der Waals surface area contributed by atoms with Crippen LogP contribution >= 0.6 is 45.8 Å². The van der Waals surface area contributed by atoms with Crippen LogP contribution in [0.5, 0.6) is 0 Å². The molecule has 50 heavy (non-hydrogen) atoms. The highest BCUT2D eigenvalue weighted by Crippen LogP contribution is 2.31. The van der Waals surface area contributed by atoms with Crippen molar-refractivity contribution >= 4 is 71.7 Å². The van der Waals surface area contributed by atoms with Gasteiger partial charge in [-0.05, 0) is 91.5 Å². The Bertz CT molecular complexity index is 2190. The Labute approximate surface area is 312 Å². The molecule has 0 spiro atoms. The number of benzene rings is 2. The van der Waals surface area contributed by atoms with E-state index in [0.29, 0.717) is 52.8 Å². The number of aromatic amines is 1. The van der Waals surface area contributed by atoms with Gasteiger partial charge >= 0.3 is 5.76 Å². The minimum atomic E-state index is -3.78. The van der Waals surface area contributed by atoms with Gasteiger partial charge in [-0.1, -0.05) is 56.1 Å². The number of furan rings is 2. The number of alkyl halides is 1. The van der Waals surface area contributed by atoms with Crippen molar-refractivity contribution in [2.45, 2.75) is 35.5 Å². The average molecular weight is 885 g/mol. The zero-order valence-electron chi connectivity index (χ0n) is 27.4. The molecule has 2 aromatic carbocycles. The second kappa shape index (κ2) is 18.5. The summed E-state index contributed by atoms with van der Waals surface area (Å²) in [4.78, 5) is 13.9. The predicted molar refractivity (Wildman–Crippen MR) is 196 cm³/mol. The number of nitrogens with one attached hydrogen (secondary N) is 3. The van der Waals surface area contributed by atoms with Crippen LogP contribution in [0.15, 0.2) is 94.2 Å². The van der Waals surface area contributed by atoms with Gasteiger partial charge in [0.2, 0.25) is 20.0 Å². The summed E-state index contributed by atoms with van der Waals surface area (Å²) in [7, 11) is -4.98. The van der Waals surface area contributed by atoms with Crippen molar-refractivity contribution in [1.82, 2.24) is 19.6 Å². The number of rotatable bonds is 12. The molecule has 0 atom stereocenters. The molecule has 20 heteroatoms. The van der Waals surface area contributed by atoms with Gasteiger partial charge in [0.15, 0.2) is 11.7 Å². The Morgan fingerprint density at radius 3 is 1.88 bits per heavy atom. The van der Waals surface area contributed by atoms with Crippen molar-refractivity contribution in [3.05, 3.63) is 110 Å². The summed E-state index contributed by atoms with van der Waals surface area (Å²) in [5.41, 5.74) is 7.73. The van der Waals surface area contributed by atoms with E-state index in [1.165, 1.54) is 38.4 Å². The first-order valence-corrected chi connectivity index (χ1v) is 19.4. The van der Waals surface area contributed by atoms with E-state index in [4.69, 9.17) is 44.3 Å². The van der Waals surface area contributed by atoms with Gasteiger partial charge in [0, 0.05) is 25.3 Å². The van der Waals surface area contributed by atoms with Crippen molar-refractivity contribution in [2.75, 3.05) is 19.0 Å². The minimum Gasteiger partial charge on any atom is -0.469 e.